The molecule has 102 valence electrons. The van der Waals surface area contributed by atoms with Gasteiger partial charge in [-0.15, -0.1) is 0 Å². The lowest BCUT2D eigenvalue weighted by Crippen LogP contribution is -2.54. The largest absolute Gasteiger partial charge is 0.368 e. The Kier molecular flexibility index (Phi) is 4.19. The molecule has 2 fully saturated rings. The molecule has 18 heavy (non-hydrogen) atoms. The van der Waals surface area contributed by atoms with Crippen LogP contribution < -0.4 is 11.5 Å². The minimum atomic E-state index is -0.241. The maximum Gasteiger partial charge on any atom is 0.236 e. The monoisotopic (exact) mass is 254 g/mol. The van der Waals surface area contributed by atoms with Crippen molar-refractivity contribution in [1.82, 2.24) is 9.80 Å². The average molecular weight is 254 g/mol. The molecule has 2 aliphatic heterocycles. The molecule has 2 atom stereocenters. The molecule has 6 nitrogen and oxygen atoms in total. The Morgan fingerprint density at radius 3 is 2.56 bits per heavy atom. The normalized spacial score (nSPS) is 29.5. The van der Waals surface area contributed by atoms with Crippen LogP contribution in [-0.4, -0.2) is 59.9 Å². The van der Waals surface area contributed by atoms with Crippen molar-refractivity contribution in [2.24, 2.45) is 11.5 Å². The van der Waals surface area contributed by atoms with Gasteiger partial charge in [0.2, 0.25) is 11.8 Å². The van der Waals surface area contributed by atoms with E-state index in [0.29, 0.717) is 6.54 Å². The Balaban J connectivity index is 2.00. The van der Waals surface area contributed by atoms with E-state index in [1.54, 1.807) is 0 Å². The van der Waals surface area contributed by atoms with Crippen molar-refractivity contribution in [2.45, 2.75) is 37.8 Å². The van der Waals surface area contributed by atoms with Gasteiger partial charge in [-0.05, 0) is 32.2 Å². The van der Waals surface area contributed by atoms with Crippen molar-refractivity contribution in [2.75, 3.05) is 26.2 Å². The number of amides is 2. The van der Waals surface area contributed by atoms with Crippen molar-refractivity contribution in [3.05, 3.63) is 0 Å². The number of piperidine rings is 1. The molecule has 0 spiro atoms. The second kappa shape index (κ2) is 5.67. The molecule has 2 rings (SSSR count). The fourth-order valence-electron chi connectivity index (χ4n) is 3.11. The molecular formula is C12H22N4O2. The van der Waals surface area contributed by atoms with Gasteiger partial charge in [-0.25, -0.2) is 0 Å². The van der Waals surface area contributed by atoms with Crippen molar-refractivity contribution in [1.29, 1.82) is 0 Å². The van der Waals surface area contributed by atoms with Crippen LogP contribution >= 0.6 is 0 Å². The van der Waals surface area contributed by atoms with Crippen molar-refractivity contribution < 1.29 is 9.59 Å². The molecule has 0 aromatic rings. The van der Waals surface area contributed by atoms with Crippen LogP contribution in [0.3, 0.4) is 0 Å². The number of rotatable bonds is 3. The highest BCUT2D eigenvalue weighted by molar-refractivity contribution is 5.80. The second-order valence-electron chi connectivity index (χ2n) is 5.14. The van der Waals surface area contributed by atoms with Crippen molar-refractivity contribution >= 4 is 11.8 Å². The fourth-order valence-corrected chi connectivity index (χ4v) is 3.11. The number of nitrogens with two attached hydrogens (primary N) is 2. The number of carbonyl (C=O) groups excluding carboxylic acids is 2. The predicted octanol–water partition coefficient (Wildman–Crippen LogP) is -1.11. The Morgan fingerprint density at radius 1 is 1.17 bits per heavy atom. The zero-order chi connectivity index (χ0) is 13.1. The molecule has 0 saturated carbocycles. The van der Waals surface area contributed by atoms with Gasteiger partial charge in [0.25, 0.3) is 0 Å². The summed E-state index contributed by atoms with van der Waals surface area (Å²) in [6, 6.07) is 0.108. The maximum absolute atomic E-state index is 11.6. The summed E-state index contributed by atoms with van der Waals surface area (Å²) in [4.78, 5) is 27.0. The summed E-state index contributed by atoms with van der Waals surface area (Å²) in [6.07, 6.45) is 3.85. The van der Waals surface area contributed by atoms with E-state index in [1.165, 1.54) is 0 Å². The van der Waals surface area contributed by atoms with E-state index in [1.807, 2.05) is 4.90 Å². The summed E-state index contributed by atoms with van der Waals surface area (Å²) in [5, 5.41) is 0. The predicted molar refractivity (Wildman–Crippen MR) is 67.6 cm³/mol. The van der Waals surface area contributed by atoms with Crippen LogP contribution in [0.15, 0.2) is 0 Å². The van der Waals surface area contributed by atoms with Crippen LogP contribution in [0.4, 0.5) is 0 Å². The summed E-state index contributed by atoms with van der Waals surface area (Å²) >= 11 is 0. The number of hydrogen-bond donors (Lipinski definition) is 2. The van der Waals surface area contributed by atoms with Crippen LogP contribution in [0.2, 0.25) is 0 Å². The third-order valence-electron chi connectivity index (χ3n) is 4.02. The van der Waals surface area contributed by atoms with Gasteiger partial charge >= 0.3 is 0 Å². The van der Waals surface area contributed by atoms with E-state index in [-0.39, 0.29) is 30.4 Å². The third-order valence-corrected chi connectivity index (χ3v) is 4.02. The summed E-state index contributed by atoms with van der Waals surface area (Å²) in [5.41, 5.74) is 10.8. The highest BCUT2D eigenvalue weighted by atomic mass is 16.2. The molecule has 2 amide bonds. The van der Waals surface area contributed by atoms with Gasteiger partial charge in [0.15, 0.2) is 0 Å². The van der Waals surface area contributed by atoms with Gasteiger partial charge in [0.05, 0.1) is 12.6 Å². The van der Waals surface area contributed by atoms with Gasteiger partial charge in [-0.1, -0.05) is 0 Å². The summed E-state index contributed by atoms with van der Waals surface area (Å²) in [7, 11) is 0. The number of primary amides is 1. The molecule has 0 unspecified atom stereocenters. The minimum absolute atomic E-state index is 0.00507. The average Bonchev–Trinajstić information content (AvgIpc) is 2.87. The minimum Gasteiger partial charge on any atom is -0.368 e. The molecule has 0 bridgehead atoms. The summed E-state index contributed by atoms with van der Waals surface area (Å²) < 4.78 is 0. The smallest absolute Gasteiger partial charge is 0.236 e. The molecular weight excluding hydrogens is 232 g/mol. The molecule has 0 aromatic carbocycles. The third kappa shape index (κ3) is 2.64. The highest BCUT2D eigenvalue weighted by Crippen LogP contribution is 2.25. The number of hydrogen-bond acceptors (Lipinski definition) is 4. The molecule has 2 aliphatic rings. The highest BCUT2D eigenvalue weighted by Gasteiger charge is 2.36. The fraction of sp³-hybridized carbons (Fsp3) is 0.833. The molecule has 0 aliphatic carbocycles. The zero-order valence-corrected chi connectivity index (χ0v) is 10.7. The topological polar surface area (TPSA) is 92.7 Å². The summed E-state index contributed by atoms with van der Waals surface area (Å²) in [5.74, 6) is -0.246. The molecule has 2 heterocycles. The molecule has 0 aromatic heterocycles. The van der Waals surface area contributed by atoms with Gasteiger partial charge in [-0.3, -0.25) is 14.5 Å². The standard InChI is InChI=1S/C12H22N4O2/c13-7-11(17)15-5-1-3-9(8-15)16-6-2-4-10(16)12(14)18/h9-10H,1-8,13H2,(H2,14,18)/t9-,10+/m1/s1. The molecule has 2 saturated heterocycles. The first-order valence-corrected chi connectivity index (χ1v) is 6.66. The van der Waals surface area contributed by atoms with Crippen LogP contribution in [-0.2, 0) is 9.59 Å². The first-order valence-electron chi connectivity index (χ1n) is 6.66. The molecule has 6 heteroatoms. The lowest BCUT2D eigenvalue weighted by Gasteiger charge is -2.39. The first kappa shape index (κ1) is 13.3. The molecule has 0 radical (unpaired) electrons. The van der Waals surface area contributed by atoms with Crippen LogP contribution in [0.25, 0.3) is 0 Å². The SMILES string of the molecule is NCC(=O)N1CCC[C@@H](N2CCC[C@H]2C(N)=O)C1. The van der Waals surface area contributed by atoms with Gasteiger partial charge < -0.3 is 16.4 Å². The number of nitrogens with zero attached hydrogens (tertiary/aromatic N) is 2. The molecule has 4 N–H and O–H groups in total. The zero-order valence-electron chi connectivity index (χ0n) is 10.7. The first-order chi connectivity index (χ1) is 8.63. The lowest BCUT2D eigenvalue weighted by molar-refractivity contribution is -0.132. The van der Waals surface area contributed by atoms with Crippen LogP contribution in [0.5, 0.6) is 0 Å². The van der Waals surface area contributed by atoms with E-state index in [4.69, 9.17) is 11.5 Å². The van der Waals surface area contributed by atoms with E-state index in [9.17, 15) is 9.59 Å². The maximum atomic E-state index is 11.6. The Hall–Kier alpha value is -1.14. The Labute approximate surface area is 107 Å². The number of carbonyl (C=O) groups is 2. The van der Waals surface area contributed by atoms with Crippen LogP contribution in [0, 0.1) is 0 Å². The Bertz CT molecular complexity index is 334. The van der Waals surface area contributed by atoms with Gasteiger partial charge in [0.1, 0.15) is 0 Å². The lowest BCUT2D eigenvalue weighted by atomic mass is 10.0. The van der Waals surface area contributed by atoms with E-state index in [2.05, 4.69) is 4.90 Å². The summed E-state index contributed by atoms with van der Waals surface area (Å²) in [6.45, 7) is 2.43. The van der Waals surface area contributed by atoms with E-state index < -0.39 is 0 Å². The Morgan fingerprint density at radius 2 is 1.89 bits per heavy atom. The van der Waals surface area contributed by atoms with Crippen LogP contribution in [0.1, 0.15) is 25.7 Å². The second-order valence-corrected chi connectivity index (χ2v) is 5.14. The van der Waals surface area contributed by atoms with Gasteiger partial charge in [-0.2, -0.15) is 0 Å². The van der Waals surface area contributed by atoms with E-state index >= 15 is 0 Å². The number of likely N-dealkylation sites (tertiary alicyclic amines) is 2. The quantitative estimate of drug-likeness (QED) is 0.667. The van der Waals surface area contributed by atoms with Crippen molar-refractivity contribution in [3.8, 4) is 0 Å². The van der Waals surface area contributed by atoms with Gasteiger partial charge in [0, 0.05) is 19.1 Å². The van der Waals surface area contributed by atoms with Crippen molar-refractivity contribution in [3.63, 3.8) is 0 Å². The van der Waals surface area contributed by atoms with E-state index in [0.717, 1.165) is 38.8 Å².